The van der Waals surface area contributed by atoms with Crippen LogP contribution in [0.2, 0.25) is 5.02 Å². The van der Waals surface area contributed by atoms with E-state index in [1.54, 1.807) is 24.3 Å². The van der Waals surface area contributed by atoms with Crippen molar-refractivity contribution in [3.63, 3.8) is 0 Å². The quantitative estimate of drug-likeness (QED) is 0.684. The van der Waals surface area contributed by atoms with Crippen LogP contribution in [-0.2, 0) is 6.54 Å². The highest BCUT2D eigenvalue weighted by atomic mass is 35.5. The molecule has 3 rings (SSSR count). The van der Waals surface area contributed by atoms with Crippen LogP contribution in [0.5, 0.6) is 0 Å². The fourth-order valence-corrected chi connectivity index (χ4v) is 2.13. The molecule has 0 amide bonds. The number of ketones is 1. The lowest BCUT2D eigenvalue weighted by Crippen LogP contribution is -2.25. The van der Waals surface area contributed by atoms with E-state index in [4.69, 9.17) is 11.6 Å². The lowest BCUT2D eigenvalue weighted by atomic mass is 10.1. The maximum atomic E-state index is 12.2. The molecule has 0 aliphatic rings. The molecule has 3 aromatic rings. The summed E-state index contributed by atoms with van der Waals surface area (Å²) < 4.78 is 2.43. The molecule has 0 saturated carbocycles. The first-order valence-corrected chi connectivity index (χ1v) is 6.21. The van der Waals surface area contributed by atoms with Gasteiger partial charge >= 0.3 is 5.69 Å². The molecule has 0 saturated heterocycles. The van der Waals surface area contributed by atoms with E-state index in [0.717, 1.165) is 4.68 Å². The number of fused-ring (bicyclic) bond motifs is 1. The largest absolute Gasteiger partial charge is 0.350 e. The van der Waals surface area contributed by atoms with Crippen molar-refractivity contribution in [2.45, 2.75) is 6.54 Å². The molecule has 20 heavy (non-hydrogen) atoms. The van der Waals surface area contributed by atoms with E-state index in [2.05, 4.69) is 10.1 Å². The number of aromatic nitrogens is 4. The molecule has 0 atom stereocenters. The van der Waals surface area contributed by atoms with Crippen LogP contribution in [0, 0.1) is 0 Å². The van der Waals surface area contributed by atoms with Crippen LogP contribution in [0.1, 0.15) is 10.4 Å². The van der Waals surface area contributed by atoms with E-state index < -0.39 is 0 Å². The minimum absolute atomic E-state index is 0.162. The first kappa shape index (κ1) is 12.6. The van der Waals surface area contributed by atoms with Crippen LogP contribution in [0.3, 0.4) is 0 Å². The summed E-state index contributed by atoms with van der Waals surface area (Å²) in [6, 6.07) is 6.70. The second kappa shape index (κ2) is 4.90. The Morgan fingerprint density at radius 1 is 1.30 bits per heavy atom. The van der Waals surface area contributed by atoms with E-state index in [1.165, 1.54) is 23.0 Å². The fourth-order valence-electron chi connectivity index (χ4n) is 1.89. The summed E-state index contributed by atoms with van der Waals surface area (Å²) in [7, 11) is 0. The second-order valence-corrected chi connectivity index (χ2v) is 4.55. The number of hydrogen-bond acceptors (Lipinski definition) is 4. The molecule has 0 N–H and O–H groups in total. The van der Waals surface area contributed by atoms with Crippen molar-refractivity contribution in [2.75, 3.05) is 0 Å². The van der Waals surface area contributed by atoms with Crippen molar-refractivity contribution >= 4 is 23.0 Å². The molecule has 0 aliphatic carbocycles. The molecular formula is C13H9ClN4O2. The first-order valence-electron chi connectivity index (χ1n) is 5.84. The summed E-state index contributed by atoms with van der Waals surface area (Å²) in [6.07, 6.45) is 4.44. The number of carbonyl (C=O) groups excluding carboxylic acids is 1. The predicted molar refractivity (Wildman–Crippen MR) is 73.0 cm³/mol. The Bertz CT molecular complexity index is 853. The van der Waals surface area contributed by atoms with E-state index in [1.807, 2.05) is 0 Å². The number of halogens is 1. The van der Waals surface area contributed by atoms with Gasteiger partial charge in [-0.1, -0.05) is 23.7 Å². The van der Waals surface area contributed by atoms with Gasteiger partial charge in [-0.3, -0.25) is 9.78 Å². The van der Waals surface area contributed by atoms with E-state index in [9.17, 15) is 9.59 Å². The van der Waals surface area contributed by atoms with Crippen molar-refractivity contribution in [3.05, 3.63) is 63.9 Å². The number of carbonyl (C=O) groups is 1. The molecular weight excluding hydrogens is 280 g/mol. The highest BCUT2D eigenvalue weighted by molar-refractivity contribution is 6.33. The third-order valence-electron chi connectivity index (χ3n) is 2.86. The Morgan fingerprint density at radius 3 is 2.85 bits per heavy atom. The molecule has 2 heterocycles. The highest BCUT2D eigenvalue weighted by Gasteiger charge is 2.14. The molecule has 0 aliphatic heterocycles. The monoisotopic (exact) mass is 288 g/mol. The van der Waals surface area contributed by atoms with Gasteiger partial charge in [-0.25, -0.2) is 13.9 Å². The van der Waals surface area contributed by atoms with Crippen molar-refractivity contribution in [2.24, 2.45) is 0 Å². The van der Waals surface area contributed by atoms with E-state index in [0.29, 0.717) is 16.2 Å². The van der Waals surface area contributed by atoms with Crippen LogP contribution in [0.4, 0.5) is 0 Å². The second-order valence-electron chi connectivity index (χ2n) is 4.15. The molecule has 6 nitrogen and oxygen atoms in total. The SMILES string of the molecule is O=C(Cn1nc2cnccn2c1=O)c1ccccc1Cl. The van der Waals surface area contributed by atoms with Gasteiger partial charge in [-0.05, 0) is 12.1 Å². The van der Waals surface area contributed by atoms with Gasteiger partial charge in [0.25, 0.3) is 0 Å². The van der Waals surface area contributed by atoms with Crippen LogP contribution in [0.15, 0.2) is 47.7 Å². The van der Waals surface area contributed by atoms with Crippen molar-refractivity contribution in [1.29, 1.82) is 0 Å². The van der Waals surface area contributed by atoms with Gasteiger partial charge < -0.3 is 0 Å². The van der Waals surface area contributed by atoms with Crippen LogP contribution < -0.4 is 5.69 Å². The van der Waals surface area contributed by atoms with Gasteiger partial charge in [0, 0.05) is 18.0 Å². The van der Waals surface area contributed by atoms with Crippen LogP contribution in [0.25, 0.3) is 5.65 Å². The van der Waals surface area contributed by atoms with Crippen LogP contribution >= 0.6 is 11.6 Å². The van der Waals surface area contributed by atoms with Gasteiger partial charge in [0.2, 0.25) is 0 Å². The number of nitrogens with zero attached hydrogens (tertiary/aromatic N) is 4. The molecule has 2 aromatic heterocycles. The maximum Gasteiger partial charge on any atom is 0.350 e. The number of benzene rings is 1. The molecule has 0 radical (unpaired) electrons. The van der Waals surface area contributed by atoms with Crippen molar-refractivity contribution in [1.82, 2.24) is 19.2 Å². The Morgan fingerprint density at radius 2 is 2.10 bits per heavy atom. The van der Waals surface area contributed by atoms with Gasteiger partial charge in [-0.2, -0.15) is 0 Å². The molecule has 1 aromatic carbocycles. The topological polar surface area (TPSA) is 69.3 Å². The maximum absolute atomic E-state index is 12.2. The molecule has 0 spiro atoms. The van der Waals surface area contributed by atoms with E-state index in [-0.39, 0.29) is 18.0 Å². The molecule has 100 valence electrons. The van der Waals surface area contributed by atoms with Gasteiger partial charge in [0.05, 0.1) is 11.2 Å². The first-order chi connectivity index (χ1) is 9.66. The zero-order chi connectivity index (χ0) is 14.1. The molecule has 7 heteroatoms. The lowest BCUT2D eigenvalue weighted by Gasteiger charge is -2.02. The Balaban J connectivity index is 1.98. The standard InChI is InChI=1S/C13H9ClN4O2/c14-10-4-2-1-3-9(10)11(19)8-18-13(20)17-6-5-15-7-12(17)16-18/h1-7H,8H2. The Labute approximate surface area is 118 Å². The summed E-state index contributed by atoms with van der Waals surface area (Å²) in [5.74, 6) is -0.269. The van der Waals surface area contributed by atoms with Gasteiger partial charge in [0.15, 0.2) is 11.4 Å². The molecule has 0 unspecified atom stereocenters. The summed E-state index contributed by atoms with van der Waals surface area (Å²) in [4.78, 5) is 28.1. The van der Waals surface area contributed by atoms with Crippen molar-refractivity contribution in [3.8, 4) is 0 Å². The van der Waals surface area contributed by atoms with Gasteiger partial charge in [-0.15, -0.1) is 5.10 Å². The molecule has 0 fully saturated rings. The Kier molecular flexibility index (Phi) is 3.08. The molecule has 0 bridgehead atoms. The average Bonchev–Trinajstić information content (AvgIpc) is 2.76. The van der Waals surface area contributed by atoms with Crippen LogP contribution in [-0.4, -0.2) is 24.9 Å². The van der Waals surface area contributed by atoms with E-state index >= 15 is 0 Å². The fraction of sp³-hybridized carbons (Fsp3) is 0.0769. The normalized spacial score (nSPS) is 10.8. The zero-order valence-electron chi connectivity index (χ0n) is 10.2. The highest BCUT2D eigenvalue weighted by Crippen LogP contribution is 2.15. The Hall–Kier alpha value is -2.47. The third-order valence-corrected chi connectivity index (χ3v) is 3.19. The summed E-state index contributed by atoms with van der Waals surface area (Å²) in [5.41, 5.74) is 0.378. The number of hydrogen-bond donors (Lipinski definition) is 0. The number of Topliss-reactive ketones (excluding diaryl/α,β-unsaturated/α-hetero) is 1. The zero-order valence-corrected chi connectivity index (χ0v) is 11.0. The summed E-state index contributed by atoms with van der Waals surface area (Å²) in [5, 5.41) is 4.41. The average molecular weight is 289 g/mol. The lowest BCUT2D eigenvalue weighted by molar-refractivity contribution is 0.0966. The summed E-state index contributed by atoms with van der Waals surface area (Å²) >= 11 is 5.96. The third kappa shape index (κ3) is 2.10. The van der Waals surface area contributed by atoms with Crippen molar-refractivity contribution < 1.29 is 4.79 Å². The summed E-state index contributed by atoms with van der Waals surface area (Å²) in [6.45, 7) is -0.162. The van der Waals surface area contributed by atoms with Gasteiger partial charge in [0.1, 0.15) is 6.54 Å². The minimum Gasteiger partial charge on any atom is -0.292 e. The number of rotatable bonds is 3. The smallest absolute Gasteiger partial charge is 0.292 e. The predicted octanol–water partition coefficient (Wildman–Crippen LogP) is 1.43. The minimum atomic E-state index is -0.386.